The summed E-state index contributed by atoms with van der Waals surface area (Å²) in [7, 11) is 0. The van der Waals surface area contributed by atoms with Crippen LogP contribution in [0.5, 0.6) is 0 Å². The van der Waals surface area contributed by atoms with E-state index in [1.807, 2.05) is 13.8 Å². The molecule has 1 N–H and O–H groups in total. The molecule has 1 aliphatic rings. The summed E-state index contributed by atoms with van der Waals surface area (Å²) in [6.45, 7) is 4.13. The van der Waals surface area contributed by atoms with Gasteiger partial charge in [0, 0.05) is 18.0 Å². The number of nitrogens with zero attached hydrogens (tertiary/aromatic N) is 2. The molecule has 6 nitrogen and oxygen atoms in total. The van der Waals surface area contributed by atoms with Gasteiger partial charge in [0.2, 0.25) is 0 Å². The molecule has 1 aliphatic heterocycles. The molecular formula is C19H21ClFN3O3. The number of hydrogen-bond acceptors (Lipinski definition) is 4. The largest absolute Gasteiger partial charge is 0.443 e. The van der Waals surface area contributed by atoms with Crippen molar-refractivity contribution in [1.82, 2.24) is 10.2 Å². The van der Waals surface area contributed by atoms with Crippen molar-refractivity contribution in [1.29, 1.82) is 0 Å². The molecule has 144 valence electrons. The molecule has 0 aliphatic carbocycles. The van der Waals surface area contributed by atoms with Crippen molar-refractivity contribution in [2.45, 2.75) is 39.0 Å². The molecule has 0 saturated carbocycles. The fourth-order valence-electron chi connectivity index (χ4n) is 2.78. The minimum atomic E-state index is -0.353. The molecule has 0 saturated heterocycles. The molecule has 3 rings (SSSR count). The van der Waals surface area contributed by atoms with Gasteiger partial charge in [-0.1, -0.05) is 23.4 Å². The quantitative estimate of drug-likeness (QED) is 0.800. The topological polar surface area (TPSA) is 67.1 Å². The standard InChI is InChI=1S/C19H21ClFN3O3/c1-12(2)22-19(25)24(10-13-5-3-4-6-15(13)21)11-14-9-16(23-27-14)17-7-8-18(20)26-17/h3-8,12,14H,9-11H2,1-2H3,(H,22,25)/t14-/m1/s1. The highest BCUT2D eigenvalue weighted by atomic mass is 35.5. The van der Waals surface area contributed by atoms with E-state index >= 15 is 0 Å². The van der Waals surface area contributed by atoms with Gasteiger partial charge in [0.25, 0.3) is 0 Å². The van der Waals surface area contributed by atoms with Gasteiger partial charge in [0.1, 0.15) is 11.5 Å². The maximum atomic E-state index is 14.0. The Labute approximate surface area is 161 Å². The fraction of sp³-hybridized carbons (Fsp3) is 0.368. The summed E-state index contributed by atoms with van der Waals surface area (Å²) in [6.07, 6.45) is 0.112. The minimum absolute atomic E-state index is 0.0396. The maximum absolute atomic E-state index is 14.0. The lowest BCUT2D eigenvalue weighted by atomic mass is 10.1. The Bertz CT molecular complexity index is 837. The maximum Gasteiger partial charge on any atom is 0.318 e. The molecule has 1 aromatic heterocycles. The third kappa shape index (κ3) is 5.01. The average Bonchev–Trinajstić information content (AvgIpc) is 3.24. The molecule has 8 heteroatoms. The van der Waals surface area contributed by atoms with E-state index < -0.39 is 0 Å². The molecule has 27 heavy (non-hydrogen) atoms. The summed E-state index contributed by atoms with van der Waals surface area (Å²) >= 11 is 5.80. The lowest BCUT2D eigenvalue weighted by Crippen LogP contribution is -2.45. The summed E-state index contributed by atoms with van der Waals surface area (Å²) in [6, 6.07) is 9.42. The van der Waals surface area contributed by atoms with Crippen LogP contribution in [0.1, 0.15) is 31.6 Å². The van der Waals surface area contributed by atoms with Crippen LogP contribution in [0.2, 0.25) is 5.22 Å². The molecule has 0 radical (unpaired) electrons. The summed E-state index contributed by atoms with van der Waals surface area (Å²) in [5.74, 6) is 0.184. The first-order valence-corrected chi connectivity index (χ1v) is 9.07. The highest BCUT2D eigenvalue weighted by Crippen LogP contribution is 2.22. The molecule has 1 aromatic carbocycles. The van der Waals surface area contributed by atoms with Crippen LogP contribution in [0.4, 0.5) is 9.18 Å². The lowest BCUT2D eigenvalue weighted by Gasteiger charge is -2.26. The molecule has 0 fully saturated rings. The van der Waals surface area contributed by atoms with Crippen molar-refractivity contribution in [3.8, 4) is 0 Å². The zero-order valence-electron chi connectivity index (χ0n) is 15.1. The van der Waals surface area contributed by atoms with Crippen LogP contribution >= 0.6 is 11.6 Å². The normalized spacial score (nSPS) is 16.2. The number of furan rings is 1. The third-order valence-corrected chi connectivity index (χ3v) is 4.24. The number of carbonyl (C=O) groups excluding carboxylic acids is 1. The van der Waals surface area contributed by atoms with Crippen molar-refractivity contribution in [2.24, 2.45) is 5.16 Å². The van der Waals surface area contributed by atoms with Crippen molar-refractivity contribution < 1.29 is 18.4 Å². The summed E-state index contributed by atoms with van der Waals surface area (Å²) < 4.78 is 19.4. The monoisotopic (exact) mass is 393 g/mol. The number of rotatable bonds is 6. The van der Waals surface area contributed by atoms with Gasteiger partial charge in [-0.25, -0.2) is 9.18 Å². The summed E-state index contributed by atoms with van der Waals surface area (Å²) in [5, 5.41) is 7.14. The van der Waals surface area contributed by atoms with Crippen molar-refractivity contribution >= 4 is 23.3 Å². The second-order valence-corrected chi connectivity index (χ2v) is 7.02. The van der Waals surface area contributed by atoms with Gasteiger partial charge < -0.3 is 19.5 Å². The van der Waals surface area contributed by atoms with Crippen molar-refractivity contribution in [3.63, 3.8) is 0 Å². The Morgan fingerprint density at radius 2 is 2.15 bits per heavy atom. The van der Waals surface area contributed by atoms with Crippen LogP contribution in [0.15, 0.2) is 46.0 Å². The van der Waals surface area contributed by atoms with Crippen LogP contribution in [-0.2, 0) is 11.4 Å². The average molecular weight is 394 g/mol. The lowest BCUT2D eigenvalue weighted by molar-refractivity contribution is 0.0584. The van der Waals surface area contributed by atoms with Gasteiger partial charge in [-0.3, -0.25) is 0 Å². The number of nitrogens with one attached hydrogen (secondary N) is 1. The first-order chi connectivity index (χ1) is 12.9. The fourth-order valence-corrected chi connectivity index (χ4v) is 2.92. The predicted octanol–water partition coefficient (Wildman–Crippen LogP) is 4.19. The Balaban J connectivity index is 1.68. The zero-order chi connectivity index (χ0) is 19.4. The first kappa shape index (κ1) is 19.2. The van der Waals surface area contributed by atoms with E-state index in [0.29, 0.717) is 23.5 Å². The van der Waals surface area contributed by atoms with Crippen LogP contribution in [0.3, 0.4) is 0 Å². The molecule has 2 amide bonds. The first-order valence-electron chi connectivity index (χ1n) is 8.69. The minimum Gasteiger partial charge on any atom is -0.443 e. The van der Waals surface area contributed by atoms with Crippen molar-refractivity contribution in [2.75, 3.05) is 6.54 Å². The Morgan fingerprint density at radius 1 is 1.37 bits per heavy atom. The van der Waals surface area contributed by atoms with E-state index in [1.165, 1.54) is 11.0 Å². The van der Waals surface area contributed by atoms with E-state index in [2.05, 4.69) is 10.5 Å². The second kappa shape index (κ2) is 8.43. The number of oxime groups is 1. The predicted molar refractivity (Wildman–Crippen MR) is 100 cm³/mol. The second-order valence-electron chi connectivity index (χ2n) is 6.65. The van der Waals surface area contributed by atoms with E-state index in [-0.39, 0.29) is 42.3 Å². The molecule has 2 heterocycles. The SMILES string of the molecule is CC(C)NC(=O)N(Cc1ccccc1F)C[C@H]1CC(c2ccc(Cl)o2)=NO1. The molecule has 0 spiro atoms. The summed E-state index contributed by atoms with van der Waals surface area (Å²) in [5.41, 5.74) is 1.07. The van der Waals surface area contributed by atoms with Crippen LogP contribution in [-0.4, -0.2) is 35.3 Å². The van der Waals surface area contributed by atoms with Gasteiger partial charge in [-0.15, -0.1) is 0 Å². The number of halogens is 2. The van der Waals surface area contributed by atoms with Crippen LogP contribution in [0, 0.1) is 5.82 Å². The number of carbonyl (C=O) groups is 1. The van der Waals surface area contributed by atoms with Gasteiger partial charge >= 0.3 is 6.03 Å². The Hall–Kier alpha value is -2.54. The highest BCUT2D eigenvalue weighted by Gasteiger charge is 2.28. The molecule has 0 bridgehead atoms. The van der Waals surface area contributed by atoms with E-state index in [4.69, 9.17) is 20.9 Å². The Kier molecular flexibility index (Phi) is 6.01. The number of amides is 2. The number of benzene rings is 1. The molecule has 2 aromatic rings. The van der Waals surface area contributed by atoms with Gasteiger partial charge in [0.05, 0.1) is 13.1 Å². The van der Waals surface area contributed by atoms with Crippen molar-refractivity contribution in [3.05, 3.63) is 58.8 Å². The van der Waals surface area contributed by atoms with Crippen LogP contribution in [0.25, 0.3) is 0 Å². The molecule has 1 atom stereocenters. The zero-order valence-corrected chi connectivity index (χ0v) is 15.9. The molecular weight excluding hydrogens is 373 g/mol. The van der Waals surface area contributed by atoms with Gasteiger partial charge in [-0.2, -0.15) is 0 Å². The van der Waals surface area contributed by atoms with E-state index in [9.17, 15) is 9.18 Å². The van der Waals surface area contributed by atoms with Crippen LogP contribution < -0.4 is 5.32 Å². The Morgan fingerprint density at radius 3 is 2.81 bits per heavy atom. The smallest absolute Gasteiger partial charge is 0.318 e. The number of urea groups is 1. The highest BCUT2D eigenvalue weighted by molar-refractivity contribution is 6.29. The van der Waals surface area contributed by atoms with E-state index in [1.54, 1.807) is 30.3 Å². The van der Waals surface area contributed by atoms with E-state index in [0.717, 1.165) is 0 Å². The molecule has 0 unspecified atom stereocenters. The van der Waals surface area contributed by atoms with Gasteiger partial charge in [0.15, 0.2) is 17.1 Å². The third-order valence-electron chi connectivity index (χ3n) is 4.03. The number of hydrogen-bond donors (Lipinski definition) is 1. The van der Waals surface area contributed by atoms with Gasteiger partial charge in [-0.05, 0) is 43.6 Å². The summed E-state index contributed by atoms with van der Waals surface area (Å²) in [4.78, 5) is 19.6.